The molecule has 1 aromatic carbocycles. The van der Waals surface area contributed by atoms with E-state index in [0.29, 0.717) is 4.41 Å². The Labute approximate surface area is 163 Å². The smallest absolute Gasteiger partial charge is 0.253 e. The van der Waals surface area contributed by atoms with E-state index in [0.717, 1.165) is 48.4 Å². The van der Waals surface area contributed by atoms with E-state index in [1.165, 1.54) is 6.33 Å². The normalized spacial score (nSPS) is 19.9. The van der Waals surface area contributed by atoms with Gasteiger partial charge >= 0.3 is 0 Å². The van der Waals surface area contributed by atoms with Gasteiger partial charge in [0.15, 0.2) is 0 Å². The first-order valence-electron chi connectivity index (χ1n) is 8.86. The Morgan fingerprint density at radius 3 is 2.82 bits per heavy atom. The summed E-state index contributed by atoms with van der Waals surface area (Å²) >= 11 is -2.47. The number of nitrogens with zero attached hydrogens (tertiary/aromatic N) is 4. The summed E-state index contributed by atoms with van der Waals surface area (Å²) in [6.45, 7) is 0.829. The van der Waals surface area contributed by atoms with Crippen LogP contribution in [0.2, 0.25) is 0 Å². The van der Waals surface area contributed by atoms with Crippen LogP contribution in [-0.4, -0.2) is 62.4 Å². The molecule has 28 heavy (non-hydrogen) atoms. The Morgan fingerprint density at radius 1 is 1.43 bits per heavy atom. The van der Waals surface area contributed by atoms with Gasteiger partial charge in [-0.15, -0.1) is 4.41 Å². The van der Waals surface area contributed by atoms with E-state index in [1.54, 1.807) is 7.11 Å². The van der Waals surface area contributed by atoms with Gasteiger partial charge in [0.2, 0.25) is 11.3 Å². The lowest BCUT2D eigenvalue weighted by Crippen LogP contribution is -2.68. The lowest BCUT2D eigenvalue weighted by Gasteiger charge is -2.59. The Balaban J connectivity index is 1.37. The average molecular weight is 413 g/mol. The number of nitrogens with one attached hydrogen (secondary N) is 1. The molecule has 1 aliphatic heterocycles. The number of hydrazine groups is 1. The van der Waals surface area contributed by atoms with Crippen molar-refractivity contribution in [2.45, 2.75) is 25.3 Å². The van der Waals surface area contributed by atoms with Gasteiger partial charge in [-0.3, -0.25) is 4.55 Å². The molecule has 152 valence electrons. The van der Waals surface area contributed by atoms with Gasteiger partial charge < -0.3 is 9.64 Å². The van der Waals surface area contributed by atoms with E-state index >= 15 is 0 Å². The molecule has 2 aromatic rings. The second-order valence-corrected chi connectivity index (χ2v) is 8.26. The highest BCUT2D eigenvalue weighted by Gasteiger charge is 2.53. The number of fused-ring (bicyclic) bond motifs is 1. The highest BCUT2D eigenvalue weighted by Crippen LogP contribution is 2.50. The Hall–Kier alpha value is -1.95. The molecule has 0 amide bonds. The molecule has 2 heterocycles. The molecule has 2 fully saturated rings. The zero-order valence-corrected chi connectivity index (χ0v) is 16.0. The third-order valence-electron chi connectivity index (χ3n) is 5.35. The van der Waals surface area contributed by atoms with Crippen LogP contribution in [0.5, 0.6) is 5.75 Å². The summed E-state index contributed by atoms with van der Waals surface area (Å²) in [4.78, 5) is 10.9. The van der Waals surface area contributed by atoms with Gasteiger partial charge in [-0.05, 0) is 25.0 Å². The van der Waals surface area contributed by atoms with Crippen molar-refractivity contribution in [1.29, 1.82) is 0 Å². The number of ether oxygens (including phenoxy) is 1. The first-order valence-corrected chi connectivity index (χ1v) is 9.92. The average Bonchev–Trinajstić information content (AvgIpc) is 2.60. The van der Waals surface area contributed by atoms with Gasteiger partial charge in [0.05, 0.1) is 19.2 Å². The molecular weight excluding hydrogens is 392 g/mol. The minimum Gasteiger partial charge on any atom is -0.497 e. The molecule has 11 heteroatoms. The van der Waals surface area contributed by atoms with Crippen molar-refractivity contribution in [3.8, 4) is 5.75 Å². The molecule has 1 saturated heterocycles. The topological polar surface area (TPSA) is 90.8 Å². The Bertz CT molecular complexity index is 888. The largest absolute Gasteiger partial charge is 0.497 e. The van der Waals surface area contributed by atoms with E-state index in [9.17, 15) is 13.0 Å². The second-order valence-electron chi connectivity index (χ2n) is 7.35. The maximum atomic E-state index is 12.5. The van der Waals surface area contributed by atoms with Gasteiger partial charge in [-0.25, -0.2) is 28.4 Å². The van der Waals surface area contributed by atoms with Crippen LogP contribution < -0.4 is 15.1 Å². The maximum absolute atomic E-state index is 12.5. The van der Waals surface area contributed by atoms with Crippen LogP contribution in [-0.2, 0) is 11.3 Å². The molecule has 1 aliphatic carbocycles. The minimum atomic E-state index is -2.68. The number of hydrogen-bond donors (Lipinski definition) is 2. The highest BCUT2D eigenvalue weighted by molar-refractivity contribution is 7.76. The van der Waals surface area contributed by atoms with Crippen LogP contribution in [0.25, 0.3) is 10.9 Å². The van der Waals surface area contributed by atoms with E-state index in [2.05, 4.69) is 20.3 Å². The van der Waals surface area contributed by atoms with E-state index < -0.39 is 24.2 Å². The van der Waals surface area contributed by atoms with Crippen molar-refractivity contribution in [2.24, 2.45) is 5.41 Å². The minimum absolute atomic E-state index is 0.0802. The molecule has 0 radical (unpaired) electrons. The van der Waals surface area contributed by atoms with Crippen molar-refractivity contribution < 1.29 is 22.3 Å². The number of methoxy groups -OCH3 is 1. The van der Waals surface area contributed by atoms with Crippen molar-refractivity contribution in [2.75, 3.05) is 31.6 Å². The number of hydrogen-bond acceptors (Lipinski definition) is 6. The third-order valence-corrected chi connectivity index (χ3v) is 5.98. The molecule has 4 rings (SSSR count). The summed E-state index contributed by atoms with van der Waals surface area (Å²) in [5.41, 5.74) is 3.65. The number of aromatic nitrogens is 2. The predicted molar refractivity (Wildman–Crippen MR) is 100 cm³/mol. The fraction of sp³-hybridized carbons (Fsp3) is 0.529. The Kier molecular flexibility index (Phi) is 5.17. The summed E-state index contributed by atoms with van der Waals surface area (Å²) in [5.74, 6) is 1.60. The molecule has 1 atom stereocenters. The van der Waals surface area contributed by atoms with Crippen molar-refractivity contribution in [1.82, 2.24) is 19.8 Å². The van der Waals surface area contributed by atoms with Crippen molar-refractivity contribution in [3.05, 3.63) is 24.5 Å². The van der Waals surface area contributed by atoms with Crippen LogP contribution in [0, 0.1) is 5.41 Å². The third kappa shape index (κ3) is 3.66. The number of rotatable bonds is 7. The summed E-state index contributed by atoms with van der Waals surface area (Å²) in [6.07, 6.45) is 0.377. The molecule has 1 unspecified atom stereocenters. The van der Waals surface area contributed by atoms with Crippen LogP contribution in [0.3, 0.4) is 0 Å². The lowest BCUT2D eigenvalue weighted by molar-refractivity contribution is 0.0118. The standard InChI is InChI=1S/C17H21F2N5O3S/c1-27-12-2-3-13-14(4-12)20-10-21-16(13)23-8-17(9-23)5-11(6-17)22-24(28(25)26)7-15(18)19/h2-4,10-11,15,22H,5-9H2,1H3,(H,25,26). The van der Waals surface area contributed by atoms with E-state index in [-0.39, 0.29) is 11.5 Å². The van der Waals surface area contributed by atoms with Gasteiger partial charge in [0, 0.05) is 36.0 Å². The van der Waals surface area contributed by atoms with Crippen LogP contribution >= 0.6 is 0 Å². The molecule has 2 N–H and O–H groups in total. The van der Waals surface area contributed by atoms with E-state index in [4.69, 9.17) is 9.29 Å². The van der Waals surface area contributed by atoms with Gasteiger partial charge in [-0.1, -0.05) is 0 Å². The SMILES string of the molecule is COc1ccc2c(N3CC4(CC(NN(CC(F)F)S(=O)O)C4)C3)ncnc2c1. The van der Waals surface area contributed by atoms with Crippen LogP contribution in [0.15, 0.2) is 24.5 Å². The maximum Gasteiger partial charge on any atom is 0.253 e. The zero-order chi connectivity index (χ0) is 19.9. The predicted octanol–water partition coefficient (Wildman–Crippen LogP) is 1.82. The zero-order valence-electron chi connectivity index (χ0n) is 15.2. The molecule has 0 bridgehead atoms. The van der Waals surface area contributed by atoms with Gasteiger partial charge in [0.1, 0.15) is 17.9 Å². The summed E-state index contributed by atoms with van der Waals surface area (Å²) in [5, 5.41) is 0.950. The fourth-order valence-corrected chi connectivity index (χ4v) is 4.62. The fourth-order valence-electron chi connectivity index (χ4n) is 4.14. The molecule has 2 aliphatic rings. The first-order chi connectivity index (χ1) is 13.4. The number of benzene rings is 1. The summed E-state index contributed by atoms with van der Waals surface area (Å²) < 4.78 is 51.3. The van der Waals surface area contributed by atoms with Gasteiger partial charge in [0.25, 0.3) is 6.43 Å². The van der Waals surface area contributed by atoms with E-state index in [1.807, 2.05) is 18.2 Å². The molecule has 1 spiro atoms. The summed E-state index contributed by atoms with van der Waals surface area (Å²) in [6, 6.07) is 5.61. The quantitative estimate of drug-likeness (QED) is 0.529. The van der Waals surface area contributed by atoms with Crippen LogP contribution in [0.1, 0.15) is 12.8 Å². The lowest BCUT2D eigenvalue weighted by atomic mass is 9.61. The molecule has 8 nitrogen and oxygen atoms in total. The van der Waals surface area contributed by atoms with Gasteiger partial charge in [-0.2, -0.15) is 0 Å². The van der Waals surface area contributed by atoms with Crippen molar-refractivity contribution in [3.63, 3.8) is 0 Å². The highest BCUT2D eigenvalue weighted by atomic mass is 32.2. The van der Waals surface area contributed by atoms with Crippen molar-refractivity contribution >= 4 is 28.0 Å². The summed E-state index contributed by atoms with van der Waals surface area (Å²) in [7, 11) is 1.61. The second kappa shape index (κ2) is 7.47. The molecule has 1 aromatic heterocycles. The molecular formula is C17H21F2N5O3S. The number of anilines is 1. The monoisotopic (exact) mass is 413 g/mol. The Morgan fingerprint density at radius 2 is 2.18 bits per heavy atom. The first kappa shape index (κ1) is 19.4. The number of alkyl halides is 2. The molecule has 1 saturated carbocycles. The van der Waals surface area contributed by atoms with Crippen LogP contribution in [0.4, 0.5) is 14.6 Å². The number of halogens is 2.